The monoisotopic (exact) mass is 456 g/mol. The first-order chi connectivity index (χ1) is 14.6. The number of amides is 1. The van der Waals surface area contributed by atoms with Crippen molar-refractivity contribution in [2.45, 2.75) is 44.0 Å². The van der Waals surface area contributed by atoms with Crippen molar-refractivity contribution in [3.05, 3.63) is 70.5 Å². The minimum Gasteiger partial charge on any atom is -0.296 e. The lowest BCUT2D eigenvalue weighted by Crippen LogP contribution is -2.35. The number of sulfonamides is 1. The molecule has 1 aromatic carbocycles. The number of nitrogens with zero attached hydrogens (tertiary/aromatic N) is 3. The Morgan fingerprint density at radius 1 is 1.13 bits per heavy atom. The third-order valence-electron chi connectivity index (χ3n) is 5.17. The van der Waals surface area contributed by atoms with Crippen LogP contribution >= 0.6 is 11.3 Å². The lowest BCUT2D eigenvalue weighted by Gasteiger charge is -2.26. The van der Waals surface area contributed by atoms with Gasteiger partial charge in [-0.25, -0.2) is 13.4 Å². The second kappa shape index (κ2) is 8.14. The van der Waals surface area contributed by atoms with Gasteiger partial charge in [0.05, 0.1) is 17.1 Å². The summed E-state index contributed by atoms with van der Waals surface area (Å²) in [4.78, 5) is 22.0. The van der Waals surface area contributed by atoms with Gasteiger partial charge >= 0.3 is 0 Å². The standard InChI is InChI=1S/C22H24N4O3S2/c1-22(2,3)15-7-9-16(10-8-15)31(28,29)26-13-11-17-19(14-26)30-21(24-17)25-20(27)18-6-4-5-12-23-18/h4-10,12H,11,13-14H2,1-3H3,(H,24,25,27). The fraction of sp³-hybridized carbons (Fsp3) is 0.318. The fourth-order valence-corrected chi connectivity index (χ4v) is 5.87. The van der Waals surface area contributed by atoms with Gasteiger partial charge in [0.1, 0.15) is 5.69 Å². The second-order valence-corrected chi connectivity index (χ2v) is 11.4. The third kappa shape index (κ3) is 4.53. The Balaban J connectivity index is 1.50. The molecule has 162 valence electrons. The average molecular weight is 457 g/mol. The minimum atomic E-state index is -3.61. The van der Waals surface area contributed by atoms with E-state index < -0.39 is 10.0 Å². The van der Waals surface area contributed by atoms with Crippen LogP contribution in [-0.4, -0.2) is 35.1 Å². The smallest absolute Gasteiger partial charge is 0.276 e. The van der Waals surface area contributed by atoms with E-state index in [-0.39, 0.29) is 22.8 Å². The number of thiazole rings is 1. The molecule has 4 rings (SSSR count). The highest BCUT2D eigenvalue weighted by atomic mass is 32.2. The van der Waals surface area contributed by atoms with Crippen molar-refractivity contribution < 1.29 is 13.2 Å². The first-order valence-electron chi connectivity index (χ1n) is 9.96. The number of anilines is 1. The summed E-state index contributed by atoms with van der Waals surface area (Å²) in [6.07, 6.45) is 2.06. The molecule has 1 amide bonds. The highest BCUT2D eigenvalue weighted by molar-refractivity contribution is 7.89. The molecule has 0 spiro atoms. The van der Waals surface area contributed by atoms with Crippen LogP contribution in [0.5, 0.6) is 0 Å². The largest absolute Gasteiger partial charge is 0.296 e. The fourth-order valence-electron chi connectivity index (χ4n) is 3.36. The number of pyridine rings is 1. The minimum absolute atomic E-state index is 0.0406. The van der Waals surface area contributed by atoms with E-state index in [1.165, 1.54) is 15.6 Å². The summed E-state index contributed by atoms with van der Waals surface area (Å²) in [6, 6.07) is 12.2. The summed E-state index contributed by atoms with van der Waals surface area (Å²) in [5.74, 6) is -0.338. The van der Waals surface area contributed by atoms with Crippen LogP contribution in [0.4, 0.5) is 5.13 Å². The van der Waals surface area contributed by atoms with Gasteiger partial charge in [-0.1, -0.05) is 39.0 Å². The van der Waals surface area contributed by atoms with Gasteiger partial charge in [0.15, 0.2) is 5.13 Å². The summed E-state index contributed by atoms with van der Waals surface area (Å²) < 4.78 is 27.8. The molecule has 1 N–H and O–H groups in total. The molecule has 31 heavy (non-hydrogen) atoms. The van der Waals surface area contributed by atoms with E-state index >= 15 is 0 Å². The number of benzene rings is 1. The number of fused-ring (bicyclic) bond motifs is 1. The van der Waals surface area contributed by atoms with Crippen molar-refractivity contribution in [2.24, 2.45) is 0 Å². The van der Waals surface area contributed by atoms with Crippen LogP contribution in [0.15, 0.2) is 53.6 Å². The molecule has 0 saturated heterocycles. The molecule has 1 aliphatic rings. The molecule has 2 aromatic heterocycles. The van der Waals surface area contributed by atoms with Crippen molar-refractivity contribution in [3.63, 3.8) is 0 Å². The first kappa shape index (κ1) is 21.6. The van der Waals surface area contributed by atoms with Gasteiger partial charge < -0.3 is 0 Å². The summed E-state index contributed by atoms with van der Waals surface area (Å²) in [7, 11) is -3.61. The van der Waals surface area contributed by atoms with Crippen LogP contribution in [0.1, 0.15) is 47.4 Å². The molecular weight excluding hydrogens is 432 g/mol. The maximum Gasteiger partial charge on any atom is 0.276 e. The van der Waals surface area contributed by atoms with E-state index in [1.54, 1.807) is 36.5 Å². The Hall–Kier alpha value is -2.62. The Bertz CT molecular complexity index is 1200. The highest BCUT2D eigenvalue weighted by Gasteiger charge is 2.31. The number of hydrogen-bond acceptors (Lipinski definition) is 6. The number of carbonyl (C=O) groups is 1. The average Bonchev–Trinajstić information content (AvgIpc) is 3.15. The summed E-state index contributed by atoms with van der Waals surface area (Å²) in [5, 5.41) is 3.21. The maximum atomic E-state index is 13.2. The van der Waals surface area contributed by atoms with Gasteiger partial charge in [-0.3, -0.25) is 15.1 Å². The number of rotatable bonds is 4. The predicted octanol–water partition coefficient (Wildman–Crippen LogP) is 3.83. The van der Waals surface area contributed by atoms with E-state index in [9.17, 15) is 13.2 Å². The lowest BCUT2D eigenvalue weighted by molar-refractivity contribution is 0.102. The van der Waals surface area contributed by atoms with Crippen LogP contribution in [0.2, 0.25) is 0 Å². The summed E-state index contributed by atoms with van der Waals surface area (Å²) >= 11 is 1.30. The molecule has 3 heterocycles. The van der Waals surface area contributed by atoms with Gasteiger partial charge in [0.2, 0.25) is 10.0 Å². The second-order valence-electron chi connectivity index (χ2n) is 8.42. The van der Waals surface area contributed by atoms with Gasteiger partial charge in [-0.05, 0) is 35.2 Å². The van der Waals surface area contributed by atoms with Crippen LogP contribution in [-0.2, 0) is 28.4 Å². The Morgan fingerprint density at radius 3 is 2.52 bits per heavy atom. The van der Waals surface area contributed by atoms with E-state index in [0.717, 1.165) is 16.1 Å². The van der Waals surface area contributed by atoms with Crippen LogP contribution < -0.4 is 5.32 Å². The SMILES string of the molecule is CC(C)(C)c1ccc(S(=O)(=O)N2CCc3nc(NC(=O)c4ccccn4)sc3C2)cc1. The Kier molecular flexibility index (Phi) is 5.67. The maximum absolute atomic E-state index is 13.2. The van der Waals surface area contributed by atoms with Gasteiger partial charge in [0.25, 0.3) is 5.91 Å². The van der Waals surface area contributed by atoms with E-state index in [1.807, 2.05) is 12.1 Å². The molecule has 1 aliphatic heterocycles. The molecule has 0 atom stereocenters. The number of aromatic nitrogens is 2. The molecule has 0 fully saturated rings. The van der Waals surface area contributed by atoms with Crippen molar-refractivity contribution >= 4 is 32.4 Å². The Morgan fingerprint density at radius 2 is 1.87 bits per heavy atom. The number of carbonyl (C=O) groups excluding carboxylic acids is 1. The number of hydrogen-bond donors (Lipinski definition) is 1. The van der Waals surface area contributed by atoms with Crippen LogP contribution in [0, 0.1) is 0 Å². The summed E-state index contributed by atoms with van der Waals surface area (Å²) in [5.41, 5.74) is 2.18. The molecule has 0 unspecified atom stereocenters. The van der Waals surface area contributed by atoms with Crippen molar-refractivity contribution in [1.82, 2.24) is 14.3 Å². The zero-order valence-corrected chi connectivity index (χ0v) is 19.3. The van der Waals surface area contributed by atoms with Gasteiger partial charge in [-0.2, -0.15) is 4.31 Å². The van der Waals surface area contributed by atoms with E-state index in [2.05, 4.69) is 36.1 Å². The summed E-state index contributed by atoms with van der Waals surface area (Å²) in [6.45, 7) is 6.88. The van der Waals surface area contributed by atoms with Crippen molar-refractivity contribution in [1.29, 1.82) is 0 Å². The van der Waals surface area contributed by atoms with Crippen molar-refractivity contribution in [2.75, 3.05) is 11.9 Å². The molecule has 9 heteroatoms. The molecule has 0 radical (unpaired) electrons. The molecule has 0 bridgehead atoms. The molecule has 3 aromatic rings. The van der Waals surface area contributed by atoms with Crippen molar-refractivity contribution in [3.8, 4) is 0 Å². The first-order valence-corrected chi connectivity index (χ1v) is 12.2. The predicted molar refractivity (Wildman–Crippen MR) is 121 cm³/mol. The Labute approximate surface area is 186 Å². The van der Waals surface area contributed by atoms with E-state index in [0.29, 0.717) is 23.8 Å². The molecule has 7 nitrogen and oxygen atoms in total. The van der Waals surface area contributed by atoms with Crippen LogP contribution in [0.25, 0.3) is 0 Å². The molecule has 0 saturated carbocycles. The third-order valence-corrected chi connectivity index (χ3v) is 8.03. The molecule has 0 aliphatic carbocycles. The van der Waals surface area contributed by atoms with Gasteiger partial charge in [0, 0.05) is 24.0 Å². The van der Waals surface area contributed by atoms with Crippen LogP contribution in [0.3, 0.4) is 0 Å². The quantitative estimate of drug-likeness (QED) is 0.644. The van der Waals surface area contributed by atoms with E-state index in [4.69, 9.17) is 0 Å². The highest BCUT2D eigenvalue weighted by Crippen LogP contribution is 2.32. The van der Waals surface area contributed by atoms with Gasteiger partial charge in [-0.15, -0.1) is 11.3 Å². The normalized spacial score (nSPS) is 14.8. The number of nitrogens with one attached hydrogen (secondary N) is 1. The zero-order chi connectivity index (χ0) is 22.2. The lowest BCUT2D eigenvalue weighted by atomic mass is 9.87. The topological polar surface area (TPSA) is 92.3 Å². The molecular formula is C22H24N4O3S2. The zero-order valence-electron chi connectivity index (χ0n) is 17.6.